The maximum Gasteiger partial charge on any atom is 0.162 e. The highest BCUT2D eigenvalue weighted by molar-refractivity contribution is 5.96. The Kier molecular flexibility index (Phi) is 18.2. The molecule has 1 atom stereocenters. The Hall–Kier alpha value is -5.21. The van der Waals surface area contributed by atoms with Crippen molar-refractivity contribution >= 4 is 5.78 Å². The van der Waals surface area contributed by atoms with E-state index in [1.807, 2.05) is 109 Å². The number of hydrogen-bond donors (Lipinski definition) is 3. The van der Waals surface area contributed by atoms with Crippen LogP contribution in [0.15, 0.2) is 170 Å². The molecular formula is C62H76N2O4. The number of ketones is 1. The first-order valence-electron chi connectivity index (χ1n) is 25.5. The molecule has 0 radical (unpaired) electrons. The Morgan fingerprint density at radius 2 is 0.809 bits per heavy atom. The van der Waals surface area contributed by atoms with Crippen LogP contribution in [0.5, 0.6) is 0 Å². The lowest BCUT2D eigenvalue weighted by molar-refractivity contribution is -0.0147. The lowest BCUT2D eigenvalue weighted by Gasteiger charge is -2.42. The second-order valence-corrected chi connectivity index (χ2v) is 20.0. The summed E-state index contributed by atoms with van der Waals surface area (Å²) >= 11 is 0. The third-order valence-electron chi connectivity index (χ3n) is 14.9. The number of piperidine rings is 2. The Bertz CT molecular complexity index is 2290. The van der Waals surface area contributed by atoms with Crippen LogP contribution in [0.25, 0.3) is 0 Å². The highest BCUT2D eigenvalue weighted by atomic mass is 16.3. The van der Waals surface area contributed by atoms with E-state index in [-0.39, 0.29) is 17.6 Å². The van der Waals surface area contributed by atoms with Crippen LogP contribution in [0.3, 0.4) is 0 Å². The molecule has 0 amide bonds. The van der Waals surface area contributed by atoms with E-state index in [0.717, 1.165) is 118 Å². The van der Waals surface area contributed by atoms with E-state index >= 15 is 0 Å². The van der Waals surface area contributed by atoms with E-state index in [9.17, 15) is 20.1 Å². The summed E-state index contributed by atoms with van der Waals surface area (Å²) in [6.45, 7) is 14.5. The third-order valence-corrected chi connectivity index (χ3v) is 14.9. The normalized spacial score (nSPS) is 16.1. The number of hydrogen-bond acceptors (Lipinski definition) is 6. The molecule has 0 aliphatic carbocycles. The van der Waals surface area contributed by atoms with Crippen molar-refractivity contribution in [3.63, 3.8) is 0 Å². The van der Waals surface area contributed by atoms with Crippen molar-refractivity contribution in [2.24, 2.45) is 11.8 Å². The number of carbonyl (C=O) groups excluding carboxylic acids is 1. The largest absolute Gasteiger partial charge is 0.388 e. The second-order valence-electron chi connectivity index (χ2n) is 20.0. The van der Waals surface area contributed by atoms with E-state index < -0.39 is 17.3 Å². The monoisotopic (exact) mass is 913 g/mol. The average molecular weight is 913 g/mol. The maximum absolute atomic E-state index is 12.6. The Labute approximate surface area is 407 Å². The lowest BCUT2D eigenvalue weighted by atomic mass is 9.72. The number of benzene rings is 6. The van der Waals surface area contributed by atoms with Gasteiger partial charge in [-0.3, -0.25) is 4.79 Å². The fourth-order valence-electron chi connectivity index (χ4n) is 10.6. The molecule has 6 heteroatoms. The molecule has 8 rings (SSSR count). The van der Waals surface area contributed by atoms with Crippen LogP contribution in [-0.2, 0) is 11.2 Å². The molecule has 6 aromatic carbocycles. The Morgan fingerprint density at radius 3 is 1.16 bits per heavy atom. The molecule has 2 fully saturated rings. The zero-order chi connectivity index (χ0) is 47.9. The zero-order valence-corrected chi connectivity index (χ0v) is 41.1. The van der Waals surface area contributed by atoms with E-state index in [1.165, 1.54) is 11.1 Å². The fraction of sp³-hybridized carbons (Fsp3) is 0.403. The molecule has 0 aromatic heterocycles. The van der Waals surface area contributed by atoms with Gasteiger partial charge in [0, 0.05) is 12.0 Å². The molecule has 2 saturated heterocycles. The molecule has 68 heavy (non-hydrogen) atoms. The molecule has 2 aliphatic heterocycles. The number of likely N-dealkylation sites (tertiary alicyclic amines) is 2. The number of carbonyl (C=O) groups is 1. The first-order valence-corrected chi connectivity index (χ1v) is 25.5. The topological polar surface area (TPSA) is 84.2 Å². The van der Waals surface area contributed by atoms with Crippen LogP contribution in [0.1, 0.15) is 146 Å². The van der Waals surface area contributed by atoms with E-state index in [0.29, 0.717) is 18.3 Å². The van der Waals surface area contributed by atoms with E-state index in [4.69, 9.17) is 0 Å². The van der Waals surface area contributed by atoms with Crippen LogP contribution >= 0.6 is 0 Å². The summed E-state index contributed by atoms with van der Waals surface area (Å²) in [5.41, 5.74) is 6.35. The summed E-state index contributed by atoms with van der Waals surface area (Å²) in [4.78, 5) is 17.5. The van der Waals surface area contributed by atoms with Crippen LogP contribution in [0.2, 0.25) is 0 Å². The standard InChI is InChI=1S/C31H39NO2.C31H37NO2/c2*1-24(2)25-15-17-26(18-16-25)30(33)14-9-21-32-22-19-29(20-23-32)31(34,27-10-5-3-6-11-27)28-12-7-4-8-13-28/h3-8,10-13,15-18,24,29-30,33-34H,9,14,19-23H2,1-2H3;3-8,10-13,15-18,24,29,34H,9,14,19-23H2,1-2H3. The molecule has 2 aliphatic rings. The van der Waals surface area contributed by atoms with E-state index in [1.54, 1.807) is 0 Å². The van der Waals surface area contributed by atoms with Gasteiger partial charge in [-0.1, -0.05) is 198 Å². The summed E-state index contributed by atoms with van der Waals surface area (Å²) in [7, 11) is 0. The SMILES string of the molecule is CC(C)c1ccc(C(=O)CCCN2CCC(C(O)(c3ccccc3)c3ccccc3)CC2)cc1.CC(C)c1ccc(C(O)CCCN2CCC(C(O)(c3ccccc3)c3ccccc3)CC2)cc1. The quantitative estimate of drug-likeness (QED) is 0.0745. The van der Waals surface area contributed by atoms with Gasteiger partial charge in [0.25, 0.3) is 0 Å². The van der Waals surface area contributed by atoms with Gasteiger partial charge in [-0.2, -0.15) is 0 Å². The first-order chi connectivity index (χ1) is 33.0. The Balaban J connectivity index is 0.000000201. The fourth-order valence-corrected chi connectivity index (χ4v) is 10.6. The average Bonchev–Trinajstić information content (AvgIpc) is 3.39. The van der Waals surface area contributed by atoms with Gasteiger partial charge in [0.2, 0.25) is 0 Å². The van der Waals surface area contributed by atoms with Crippen molar-refractivity contribution < 1.29 is 20.1 Å². The summed E-state index contributed by atoms with van der Waals surface area (Å²) in [5, 5.41) is 34.7. The third kappa shape index (κ3) is 12.7. The highest BCUT2D eigenvalue weighted by Crippen LogP contribution is 2.43. The minimum absolute atomic E-state index is 0.162. The molecule has 0 saturated carbocycles. The van der Waals surface area contributed by atoms with Crippen molar-refractivity contribution in [3.8, 4) is 0 Å². The van der Waals surface area contributed by atoms with Crippen molar-refractivity contribution in [2.75, 3.05) is 39.3 Å². The van der Waals surface area contributed by atoms with Gasteiger partial charge in [-0.05, 0) is 147 Å². The van der Waals surface area contributed by atoms with Crippen molar-refractivity contribution in [3.05, 3.63) is 214 Å². The number of rotatable bonds is 18. The van der Waals surface area contributed by atoms with Gasteiger partial charge in [0.15, 0.2) is 5.78 Å². The van der Waals surface area contributed by atoms with Gasteiger partial charge in [-0.15, -0.1) is 0 Å². The maximum atomic E-state index is 12.6. The van der Waals surface area contributed by atoms with Gasteiger partial charge in [0.1, 0.15) is 11.2 Å². The van der Waals surface area contributed by atoms with Gasteiger partial charge in [0.05, 0.1) is 6.10 Å². The lowest BCUT2D eigenvalue weighted by Crippen LogP contribution is -2.44. The smallest absolute Gasteiger partial charge is 0.162 e. The zero-order valence-electron chi connectivity index (χ0n) is 41.1. The van der Waals surface area contributed by atoms with Crippen molar-refractivity contribution in [1.29, 1.82) is 0 Å². The van der Waals surface area contributed by atoms with Gasteiger partial charge < -0.3 is 25.1 Å². The highest BCUT2D eigenvalue weighted by Gasteiger charge is 2.42. The number of nitrogens with zero attached hydrogens (tertiary/aromatic N) is 2. The number of aliphatic hydroxyl groups excluding tert-OH is 1. The molecule has 0 spiro atoms. The predicted octanol–water partition coefficient (Wildman–Crippen LogP) is 12.7. The molecule has 358 valence electrons. The first kappa shape index (κ1) is 50.7. The molecule has 3 N–H and O–H groups in total. The van der Waals surface area contributed by atoms with Gasteiger partial charge >= 0.3 is 0 Å². The van der Waals surface area contributed by atoms with Crippen LogP contribution < -0.4 is 0 Å². The second kappa shape index (κ2) is 24.4. The van der Waals surface area contributed by atoms with Crippen molar-refractivity contribution in [1.82, 2.24) is 9.80 Å². The van der Waals surface area contributed by atoms with Crippen LogP contribution in [-0.4, -0.2) is 70.2 Å². The minimum Gasteiger partial charge on any atom is -0.388 e. The Morgan fingerprint density at radius 1 is 0.485 bits per heavy atom. The number of Topliss-reactive ketones (excluding diaryl/α,β-unsaturated/α-hetero) is 1. The molecule has 0 bridgehead atoms. The summed E-state index contributed by atoms with van der Waals surface area (Å²) in [6.07, 6.45) is 6.59. The summed E-state index contributed by atoms with van der Waals surface area (Å²) < 4.78 is 0. The van der Waals surface area contributed by atoms with Crippen LogP contribution in [0, 0.1) is 11.8 Å². The molecule has 2 heterocycles. The predicted molar refractivity (Wildman–Crippen MR) is 279 cm³/mol. The molecule has 6 aromatic rings. The van der Waals surface area contributed by atoms with Crippen molar-refractivity contribution in [2.45, 2.75) is 108 Å². The summed E-state index contributed by atoms with van der Waals surface area (Å²) in [6, 6.07) is 56.9. The van der Waals surface area contributed by atoms with Gasteiger partial charge in [-0.25, -0.2) is 0 Å². The minimum atomic E-state index is -0.979. The molecule has 1 unspecified atom stereocenters. The molecular weight excluding hydrogens is 837 g/mol. The number of aliphatic hydroxyl groups is 3. The summed E-state index contributed by atoms with van der Waals surface area (Å²) in [5.74, 6) is 1.56. The molecule has 6 nitrogen and oxygen atoms in total. The van der Waals surface area contributed by atoms with Crippen LogP contribution in [0.4, 0.5) is 0 Å². The van der Waals surface area contributed by atoms with E-state index in [2.05, 4.69) is 98.2 Å².